The Morgan fingerprint density at radius 1 is 0.918 bits per heavy atom. The van der Waals surface area contributed by atoms with Crippen molar-refractivity contribution in [1.82, 2.24) is 25.9 Å². The van der Waals surface area contributed by atoms with E-state index >= 15 is 0 Å². The van der Waals surface area contributed by atoms with Crippen LogP contribution >= 0.6 is 11.6 Å². The highest BCUT2D eigenvalue weighted by Gasteiger charge is 2.33. The van der Waals surface area contributed by atoms with Crippen LogP contribution in [-0.2, 0) is 11.3 Å². The van der Waals surface area contributed by atoms with Crippen molar-refractivity contribution in [2.75, 3.05) is 25.6 Å². The number of nitrogens with zero attached hydrogens (tertiary/aromatic N) is 2. The Bertz CT molecular complexity index is 2110. The predicted molar refractivity (Wildman–Crippen MR) is 176 cm³/mol. The van der Waals surface area contributed by atoms with Crippen molar-refractivity contribution in [2.24, 2.45) is 0 Å². The van der Waals surface area contributed by atoms with Gasteiger partial charge < -0.3 is 30.2 Å². The number of carbonyl (C=O) groups is 4. The lowest BCUT2D eigenvalue weighted by Gasteiger charge is -2.17. The third-order valence-corrected chi connectivity index (χ3v) is 7.60. The molecule has 6 rings (SSSR count). The minimum absolute atomic E-state index is 0.0150. The average Bonchev–Trinajstić information content (AvgIpc) is 3.10. The van der Waals surface area contributed by atoms with Crippen LogP contribution in [0.3, 0.4) is 0 Å². The summed E-state index contributed by atoms with van der Waals surface area (Å²) in [6.07, 6.45) is 1.34. The van der Waals surface area contributed by atoms with Crippen molar-refractivity contribution in [3.8, 4) is 23.0 Å². The Balaban J connectivity index is 1.01. The molecule has 1 aromatic heterocycles. The zero-order valence-corrected chi connectivity index (χ0v) is 26.4. The molecule has 0 unspecified atom stereocenters. The molecule has 2 heterocycles. The molecule has 0 bridgehead atoms. The van der Waals surface area contributed by atoms with Gasteiger partial charge in [0, 0.05) is 23.6 Å². The predicted octanol–water partition coefficient (Wildman–Crippen LogP) is 5.30. The van der Waals surface area contributed by atoms with Gasteiger partial charge in [0.1, 0.15) is 30.3 Å². The number of nitrogens with one attached hydrogen (secondary N) is 4. The summed E-state index contributed by atoms with van der Waals surface area (Å²) in [6.45, 7) is 0.461. The van der Waals surface area contributed by atoms with E-state index in [1.165, 1.54) is 43.8 Å². The molecule has 248 valence electrons. The second-order valence-corrected chi connectivity index (χ2v) is 10.9. The number of urea groups is 1. The van der Waals surface area contributed by atoms with E-state index in [2.05, 4.69) is 25.9 Å². The number of imide groups is 1. The van der Waals surface area contributed by atoms with Crippen molar-refractivity contribution in [1.29, 1.82) is 0 Å². The molecule has 13 nitrogen and oxygen atoms in total. The molecule has 0 saturated carbocycles. The fourth-order valence-electron chi connectivity index (χ4n) is 4.92. The minimum Gasteiger partial charge on any atom is -0.493 e. The fourth-order valence-corrected chi connectivity index (χ4v) is 5.10. The molecule has 0 spiro atoms. The van der Waals surface area contributed by atoms with Gasteiger partial charge in [-0.1, -0.05) is 35.9 Å². The third-order valence-electron chi connectivity index (χ3n) is 7.31. The molecule has 1 aliphatic heterocycles. The molecule has 49 heavy (non-hydrogen) atoms. The van der Waals surface area contributed by atoms with Gasteiger partial charge >= 0.3 is 6.03 Å². The zero-order chi connectivity index (χ0) is 34.5. The summed E-state index contributed by atoms with van der Waals surface area (Å²) in [5.41, 5.74) is 1.39. The molecule has 15 heteroatoms. The highest BCUT2D eigenvalue weighted by molar-refractivity contribution is 6.49. The molecule has 4 N–H and O–H groups in total. The van der Waals surface area contributed by atoms with Crippen LogP contribution in [0.15, 0.2) is 79.1 Å². The zero-order valence-electron chi connectivity index (χ0n) is 25.6. The first-order valence-electron chi connectivity index (χ1n) is 14.7. The number of rotatable bonds is 11. The number of hydrogen-bond acceptors (Lipinski definition) is 10. The fraction of sp³-hybridized carbons (Fsp3) is 0.118. The van der Waals surface area contributed by atoms with Crippen molar-refractivity contribution in [3.63, 3.8) is 0 Å². The normalized spacial score (nSPS) is 12.2. The lowest BCUT2D eigenvalue weighted by Crippen LogP contribution is -2.42. The van der Waals surface area contributed by atoms with E-state index in [0.29, 0.717) is 34.0 Å². The number of methoxy groups -OCH3 is 1. The number of anilines is 2. The molecule has 4 amide bonds. The van der Waals surface area contributed by atoms with Crippen molar-refractivity contribution in [2.45, 2.75) is 6.54 Å². The summed E-state index contributed by atoms with van der Waals surface area (Å²) in [5, 5.41) is 10.9. The topological polar surface area (TPSA) is 170 Å². The van der Waals surface area contributed by atoms with E-state index in [1.807, 2.05) is 5.32 Å². The van der Waals surface area contributed by atoms with Crippen LogP contribution in [0, 0.1) is 5.82 Å². The lowest BCUT2D eigenvalue weighted by atomic mass is 9.98. The Hall–Kier alpha value is -6.28. The summed E-state index contributed by atoms with van der Waals surface area (Å²) in [6, 6.07) is 18.7. The summed E-state index contributed by atoms with van der Waals surface area (Å²) < 4.78 is 31.7. The maximum Gasteiger partial charge on any atom is 0.315 e. The van der Waals surface area contributed by atoms with Crippen LogP contribution < -0.4 is 35.5 Å². The summed E-state index contributed by atoms with van der Waals surface area (Å²) >= 11 is 5.92. The SMILES string of the molecule is COc1cc2ncnc(Nc3cccc(Cl)c3F)c2cc1OCCNC(=O)NCc1ccc(Oc2cccc3c2C(=O)NC(=O)C3=O)cc1. The van der Waals surface area contributed by atoms with Gasteiger partial charge in [0.15, 0.2) is 17.3 Å². The van der Waals surface area contributed by atoms with Gasteiger partial charge in [-0.05, 0) is 48.0 Å². The summed E-state index contributed by atoms with van der Waals surface area (Å²) in [4.78, 5) is 57.1. The Morgan fingerprint density at radius 3 is 2.51 bits per heavy atom. The molecule has 0 atom stereocenters. The number of Topliss-reactive ketones (excluding diaryl/α,β-unsaturated/α-hetero) is 1. The van der Waals surface area contributed by atoms with Gasteiger partial charge in [-0.25, -0.2) is 19.2 Å². The summed E-state index contributed by atoms with van der Waals surface area (Å²) in [5.74, 6) is -1.53. The van der Waals surface area contributed by atoms with Crippen molar-refractivity contribution in [3.05, 3.63) is 107 Å². The van der Waals surface area contributed by atoms with E-state index in [4.69, 9.17) is 25.8 Å². The van der Waals surface area contributed by atoms with Crippen LogP contribution in [0.25, 0.3) is 10.9 Å². The second-order valence-electron chi connectivity index (χ2n) is 10.5. The number of amides is 4. The number of hydrogen-bond donors (Lipinski definition) is 4. The number of benzene rings is 4. The Kier molecular flexibility index (Phi) is 9.48. The van der Waals surface area contributed by atoms with E-state index in [-0.39, 0.29) is 47.3 Å². The van der Waals surface area contributed by atoms with Crippen LogP contribution in [-0.4, -0.2) is 53.9 Å². The first kappa shape index (κ1) is 32.7. The van der Waals surface area contributed by atoms with Crippen LogP contribution in [0.4, 0.5) is 20.7 Å². The minimum atomic E-state index is -0.985. The number of fused-ring (bicyclic) bond motifs is 2. The highest BCUT2D eigenvalue weighted by atomic mass is 35.5. The van der Waals surface area contributed by atoms with E-state index < -0.39 is 29.4 Å². The molecule has 4 aromatic carbocycles. The molecule has 0 fully saturated rings. The molecule has 0 radical (unpaired) electrons. The van der Waals surface area contributed by atoms with Crippen molar-refractivity contribution >= 4 is 57.6 Å². The lowest BCUT2D eigenvalue weighted by molar-refractivity contribution is -0.116. The van der Waals surface area contributed by atoms with Crippen LogP contribution in [0.5, 0.6) is 23.0 Å². The van der Waals surface area contributed by atoms with Gasteiger partial charge in [-0.3, -0.25) is 19.7 Å². The number of halogens is 2. The highest BCUT2D eigenvalue weighted by Crippen LogP contribution is 2.35. The molecule has 0 aliphatic carbocycles. The van der Waals surface area contributed by atoms with Gasteiger partial charge in [0.2, 0.25) is 0 Å². The largest absolute Gasteiger partial charge is 0.493 e. The maximum absolute atomic E-state index is 14.5. The quantitative estimate of drug-likeness (QED) is 0.0814. The number of ether oxygens (including phenoxy) is 3. The van der Waals surface area contributed by atoms with Crippen LogP contribution in [0.2, 0.25) is 5.02 Å². The van der Waals surface area contributed by atoms with Gasteiger partial charge in [-0.2, -0.15) is 0 Å². The molecule has 0 saturated heterocycles. The Labute approximate surface area is 282 Å². The molecular formula is C34H26ClFN6O7. The molecule has 5 aromatic rings. The Morgan fingerprint density at radius 2 is 1.71 bits per heavy atom. The van der Waals surface area contributed by atoms with E-state index in [0.717, 1.165) is 5.56 Å². The number of carbonyl (C=O) groups excluding carboxylic acids is 4. The average molecular weight is 685 g/mol. The summed E-state index contributed by atoms with van der Waals surface area (Å²) in [7, 11) is 1.48. The monoisotopic (exact) mass is 684 g/mol. The molecule has 1 aliphatic rings. The smallest absolute Gasteiger partial charge is 0.315 e. The van der Waals surface area contributed by atoms with E-state index in [9.17, 15) is 23.6 Å². The van der Waals surface area contributed by atoms with E-state index in [1.54, 1.807) is 42.5 Å². The maximum atomic E-state index is 14.5. The van der Waals surface area contributed by atoms with Gasteiger partial charge in [0.25, 0.3) is 17.6 Å². The van der Waals surface area contributed by atoms with Crippen LogP contribution in [0.1, 0.15) is 26.3 Å². The first-order chi connectivity index (χ1) is 23.7. The first-order valence-corrected chi connectivity index (χ1v) is 15.1. The number of aromatic nitrogens is 2. The third kappa shape index (κ3) is 7.18. The van der Waals surface area contributed by atoms with Crippen molar-refractivity contribution < 1.29 is 37.8 Å². The standard InChI is InChI=1S/C34H26ClFN6O7/c1-47-26-15-24-21(31(40-17-39-24)41-23-6-3-5-22(35)29(23)36)14-27(26)48-13-12-37-34(46)38-16-18-8-10-19(11-9-18)49-25-7-2-4-20-28(25)32(44)42-33(45)30(20)43/h2-11,14-15,17H,12-13,16H2,1H3,(H2,37,38,46)(H,39,40,41)(H,42,44,45). The number of ketones is 1. The molecular weight excluding hydrogens is 659 g/mol. The second kappa shape index (κ2) is 14.2. The van der Waals surface area contributed by atoms with Gasteiger partial charge in [0.05, 0.1) is 35.4 Å². The van der Waals surface area contributed by atoms with Gasteiger partial charge in [-0.15, -0.1) is 0 Å².